The number of fused-ring (bicyclic) bond motifs is 2. The number of carbonyl (C=O) groups is 2. The van der Waals surface area contributed by atoms with Gasteiger partial charge in [0.15, 0.2) is 0 Å². The maximum Gasteiger partial charge on any atom is 0.212 e. The summed E-state index contributed by atoms with van der Waals surface area (Å²) in [7, 11) is 5.69. The van der Waals surface area contributed by atoms with E-state index in [0.29, 0.717) is 23.2 Å². The van der Waals surface area contributed by atoms with Gasteiger partial charge in [-0.2, -0.15) is 10.2 Å². The molecule has 0 unspecified atom stereocenters. The molecule has 2 fully saturated rings. The fourth-order valence-electron chi connectivity index (χ4n) is 11.2. The Kier molecular flexibility index (Phi) is 11.2. The number of ketones is 1. The zero-order valence-electron chi connectivity index (χ0n) is 37.8. The van der Waals surface area contributed by atoms with Crippen molar-refractivity contribution < 1.29 is 14.3 Å². The van der Waals surface area contributed by atoms with Crippen LogP contribution in [0.25, 0.3) is 55.5 Å². The highest BCUT2D eigenvalue weighted by Crippen LogP contribution is 2.51. The normalized spacial score (nSPS) is 18.6. The third-order valence-electron chi connectivity index (χ3n) is 15.1. The predicted molar refractivity (Wildman–Crippen MR) is 255 cm³/mol. The van der Waals surface area contributed by atoms with Crippen LogP contribution < -0.4 is 16.2 Å². The molecule has 10 rings (SSSR count). The Morgan fingerprint density at radius 2 is 1.29 bits per heavy atom. The van der Waals surface area contributed by atoms with E-state index < -0.39 is 0 Å². The molecular formula is C50H55N13O3. The van der Waals surface area contributed by atoms with E-state index >= 15 is 0 Å². The second-order valence-electron chi connectivity index (χ2n) is 18.5. The average Bonchev–Trinajstić information content (AvgIpc) is 3.83. The number of nitrogens with zero attached hydrogens (tertiary/aromatic N) is 11. The molecule has 4 N–H and O–H groups in total. The number of aryl methyl sites for hydroxylation is 2. The van der Waals surface area contributed by atoms with Crippen molar-refractivity contribution in [2.45, 2.75) is 64.2 Å². The van der Waals surface area contributed by atoms with Crippen LogP contribution in [0.15, 0.2) is 85.6 Å². The molecule has 338 valence electrons. The first-order valence-corrected chi connectivity index (χ1v) is 22.8. The van der Waals surface area contributed by atoms with Gasteiger partial charge in [0, 0.05) is 93.1 Å². The first-order valence-electron chi connectivity index (χ1n) is 22.8. The molecule has 6 aromatic rings. The van der Waals surface area contributed by atoms with Crippen LogP contribution in [0.5, 0.6) is 5.88 Å². The standard InChI is InChI=1S/C50H55N13O3/c1-60-43(39(34-4-5-38(66-3)53-28-34)41-45(51)54-30-56-47(41)60)32-6-13-49(14-7-32)17-23-62(24-18-49)22-11-37(65)36(12-27-64)63-25-19-50(20-26-63)15-8-33(9-16-50)44-40(35-10-21-58-59-29-35)42-46(52)55-31-57-48(42)61(44)2/h4-6,8,10-12,21-22,27-31H,7,9,13-20,23-26H2,1-3H3,(H2,51,54,56)(H2,52,55,57). The minimum absolute atomic E-state index is 0.125. The zero-order chi connectivity index (χ0) is 45.6. The van der Waals surface area contributed by atoms with Crippen LogP contribution in [0.1, 0.15) is 75.6 Å². The van der Waals surface area contributed by atoms with Gasteiger partial charge in [-0.05, 0) is 98.3 Å². The number of aldehydes is 1. The molecule has 16 heteroatoms. The quantitative estimate of drug-likeness (QED) is 0.104. The summed E-state index contributed by atoms with van der Waals surface area (Å²) in [6.45, 7) is 3.17. The zero-order valence-corrected chi connectivity index (χ0v) is 37.8. The summed E-state index contributed by atoms with van der Waals surface area (Å²) >= 11 is 0. The van der Waals surface area contributed by atoms with Crippen molar-refractivity contribution in [3.8, 4) is 28.1 Å². The van der Waals surface area contributed by atoms with Gasteiger partial charge in [0.2, 0.25) is 11.7 Å². The van der Waals surface area contributed by atoms with Crippen LogP contribution in [-0.2, 0) is 23.7 Å². The molecule has 2 spiro atoms. The summed E-state index contributed by atoms with van der Waals surface area (Å²) in [5, 5.41) is 9.81. The predicted octanol–water partition coefficient (Wildman–Crippen LogP) is 7.11. The molecule has 0 atom stereocenters. The Bertz CT molecular complexity index is 2970. The highest BCUT2D eigenvalue weighted by molar-refractivity contribution is 6.07. The van der Waals surface area contributed by atoms with Gasteiger partial charge in [-0.1, -0.05) is 12.2 Å². The lowest BCUT2D eigenvalue weighted by molar-refractivity contribution is -0.113. The van der Waals surface area contributed by atoms with E-state index in [4.69, 9.17) is 16.2 Å². The average molecular weight is 886 g/mol. The molecule has 2 saturated heterocycles. The van der Waals surface area contributed by atoms with E-state index in [1.165, 1.54) is 29.9 Å². The smallest absolute Gasteiger partial charge is 0.212 e. The second-order valence-corrected chi connectivity index (χ2v) is 18.5. The number of allylic oxidation sites excluding steroid dienone is 6. The number of anilines is 2. The van der Waals surface area contributed by atoms with Crippen molar-refractivity contribution in [2.24, 2.45) is 24.9 Å². The van der Waals surface area contributed by atoms with E-state index in [2.05, 4.69) is 66.2 Å². The van der Waals surface area contributed by atoms with E-state index in [9.17, 15) is 9.59 Å². The Morgan fingerprint density at radius 3 is 1.77 bits per heavy atom. The van der Waals surface area contributed by atoms with Gasteiger partial charge >= 0.3 is 0 Å². The summed E-state index contributed by atoms with van der Waals surface area (Å²) in [5.41, 5.74) is 23.9. The number of rotatable bonds is 10. The molecule has 8 heterocycles. The summed E-state index contributed by atoms with van der Waals surface area (Å²) < 4.78 is 9.60. The summed E-state index contributed by atoms with van der Waals surface area (Å²) in [6.07, 6.45) is 28.6. The topological polar surface area (TPSA) is 202 Å². The van der Waals surface area contributed by atoms with Crippen LogP contribution in [0.3, 0.4) is 0 Å². The van der Waals surface area contributed by atoms with Gasteiger partial charge in [0.1, 0.15) is 41.9 Å². The number of likely N-dealkylation sites (tertiary alicyclic amines) is 2. The molecule has 2 aliphatic heterocycles. The van der Waals surface area contributed by atoms with Crippen LogP contribution in [0.2, 0.25) is 0 Å². The number of piperidine rings is 2. The maximum absolute atomic E-state index is 13.8. The van der Waals surface area contributed by atoms with Gasteiger partial charge < -0.3 is 35.1 Å². The first-order chi connectivity index (χ1) is 32.1. The molecule has 2 aliphatic carbocycles. The fraction of sp³-hybridized carbons (Fsp3) is 0.380. The Labute approximate surface area is 383 Å². The minimum atomic E-state index is -0.131. The summed E-state index contributed by atoms with van der Waals surface area (Å²) in [6, 6.07) is 5.83. The van der Waals surface area contributed by atoms with E-state index in [0.717, 1.165) is 152 Å². The molecule has 0 radical (unpaired) electrons. The third kappa shape index (κ3) is 7.57. The largest absolute Gasteiger partial charge is 0.481 e. The Balaban J connectivity index is 0.777. The molecule has 4 aliphatic rings. The molecule has 16 nitrogen and oxygen atoms in total. The van der Waals surface area contributed by atoms with Crippen LogP contribution in [0.4, 0.5) is 11.6 Å². The lowest BCUT2D eigenvalue weighted by atomic mass is 9.68. The van der Waals surface area contributed by atoms with Crippen molar-refractivity contribution >= 4 is 56.9 Å². The Morgan fingerprint density at radius 1 is 0.712 bits per heavy atom. The van der Waals surface area contributed by atoms with Crippen molar-refractivity contribution in [1.82, 2.24) is 54.1 Å². The first kappa shape index (κ1) is 42.7. The third-order valence-corrected chi connectivity index (χ3v) is 15.1. The van der Waals surface area contributed by atoms with Crippen LogP contribution >= 0.6 is 0 Å². The molecule has 0 saturated carbocycles. The number of carbonyl (C=O) groups excluding carboxylic acids is 2. The van der Waals surface area contributed by atoms with Crippen molar-refractivity contribution in [1.29, 1.82) is 0 Å². The number of nitrogen functional groups attached to an aromatic ring is 2. The Hall–Kier alpha value is -7.23. The van der Waals surface area contributed by atoms with Gasteiger partial charge in [0.05, 0.1) is 47.4 Å². The molecule has 0 amide bonds. The van der Waals surface area contributed by atoms with Crippen molar-refractivity contribution in [2.75, 3.05) is 44.8 Å². The number of hydrogen-bond donors (Lipinski definition) is 2. The lowest BCUT2D eigenvalue weighted by Gasteiger charge is -2.45. The number of pyridine rings is 1. The number of methoxy groups -OCH3 is 1. The molecular weight excluding hydrogens is 831 g/mol. The van der Waals surface area contributed by atoms with Crippen molar-refractivity contribution in [3.05, 3.63) is 97.0 Å². The second kappa shape index (κ2) is 17.3. The SMILES string of the molecule is COc1ccc(-c2c(C3=CCC4(CC3)CCN(C=CC(=O)C(=CC=O)N3CCC5(CC=C(c6c(-c7ccnnc7)c7c(N)ncnc7n6C)CC5)CC3)CC4)n(C)c3ncnc(N)c23)cn1. The highest BCUT2D eigenvalue weighted by Gasteiger charge is 2.39. The summed E-state index contributed by atoms with van der Waals surface area (Å²) in [5.74, 6) is 1.30. The lowest BCUT2D eigenvalue weighted by Crippen LogP contribution is -2.41. The molecule has 66 heavy (non-hydrogen) atoms. The van der Waals surface area contributed by atoms with Gasteiger partial charge in [0.25, 0.3) is 0 Å². The maximum atomic E-state index is 13.8. The van der Waals surface area contributed by atoms with Gasteiger partial charge in [-0.25, -0.2) is 24.9 Å². The van der Waals surface area contributed by atoms with Gasteiger partial charge in [-0.15, -0.1) is 0 Å². The van der Waals surface area contributed by atoms with Gasteiger partial charge in [-0.3, -0.25) is 9.59 Å². The molecule has 0 aromatic carbocycles. The number of nitrogens with two attached hydrogens (primary N) is 2. The van der Waals surface area contributed by atoms with Crippen LogP contribution in [-0.4, -0.2) is 99.4 Å². The van der Waals surface area contributed by atoms with Crippen LogP contribution in [0, 0.1) is 10.8 Å². The number of hydrogen-bond acceptors (Lipinski definition) is 14. The highest BCUT2D eigenvalue weighted by atomic mass is 16.5. The molecule has 6 aromatic heterocycles. The fourth-order valence-corrected chi connectivity index (χ4v) is 11.2. The van der Waals surface area contributed by atoms with Crippen molar-refractivity contribution in [3.63, 3.8) is 0 Å². The number of ether oxygens (including phenoxy) is 1. The van der Waals surface area contributed by atoms with E-state index in [1.54, 1.807) is 25.6 Å². The summed E-state index contributed by atoms with van der Waals surface area (Å²) in [4.78, 5) is 52.5. The minimum Gasteiger partial charge on any atom is -0.481 e. The number of aromatic nitrogens is 9. The van der Waals surface area contributed by atoms with E-state index in [1.807, 2.05) is 44.7 Å². The molecule has 0 bridgehead atoms. The monoisotopic (exact) mass is 885 g/mol. The van der Waals surface area contributed by atoms with E-state index in [-0.39, 0.29) is 16.6 Å².